The van der Waals surface area contributed by atoms with Gasteiger partial charge in [-0.05, 0) is 24.7 Å². The maximum absolute atomic E-state index is 13.7. The summed E-state index contributed by atoms with van der Waals surface area (Å²) < 4.78 is 14.6. The summed E-state index contributed by atoms with van der Waals surface area (Å²) in [7, 11) is 0. The predicted molar refractivity (Wildman–Crippen MR) is 77.5 cm³/mol. The fourth-order valence-corrected chi connectivity index (χ4v) is 2.83. The molecule has 96 valence electrons. The fraction of sp³-hybridized carbons (Fsp3) is 0.308. The van der Waals surface area contributed by atoms with Crippen molar-refractivity contribution in [3.8, 4) is 10.6 Å². The SMILES string of the molecule is CCNCCc1csc(-c2cc(Br)ccc2F)n1. The van der Waals surface area contributed by atoms with Crippen molar-refractivity contribution in [3.05, 3.63) is 39.6 Å². The van der Waals surface area contributed by atoms with Gasteiger partial charge in [-0.2, -0.15) is 0 Å². The molecule has 0 aliphatic heterocycles. The quantitative estimate of drug-likeness (QED) is 0.843. The van der Waals surface area contributed by atoms with Crippen molar-refractivity contribution < 1.29 is 4.39 Å². The minimum atomic E-state index is -0.231. The van der Waals surface area contributed by atoms with Crippen molar-refractivity contribution in [1.82, 2.24) is 10.3 Å². The molecule has 5 heteroatoms. The first-order valence-corrected chi connectivity index (χ1v) is 7.48. The van der Waals surface area contributed by atoms with E-state index in [1.165, 1.54) is 17.4 Å². The molecule has 18 heavy (non-hydrogen) atoms. The first-order chi connectivity index (χ1) is 8.70. The molecule has 0 spiro atoms. The van der Waals surface area contributed by atoms with Gasteiger partial charge in [0.15, 0.2) is 0 Å². The lowest BCUT2D eigenvalue weighted by atomic mass is 10.2. The first kappa shape index (κ1) is 13.6. The molecule has 1 N–H and O–H groups in total. The normalized spacial score (nSPS) is 10.8. The molecule has 0 fully saturated rings. The van der Waals surface area contributed by atoms with Gasteiger partial charge in [0.05, 0.1) is 5.69 Å². The molecule has 2 rings (SSSR count). The van der Waals surface area contributed by atoms with Gasteiger partial charge in [0.2, 0.25) is 0 Å². The molecule has 2 nitrogen and oxygen atoms in total. The van der Waals surface area contributed by atoms with Gasteiger partial charge in [-0.15, -0.1) is 11.3 Å². The number of halogens is 2. The number of thiazole rings is 1. The van der Waals surface area contributed by atoms with E-state index in [-0.39, 0.29) is 5.82 Å². The Morgan fingerprint density at radius 2 is 2.28 bits per heavy atom. The van der Waals surface area contributed by atoms with Crippen molar-refractivity contribution in [2.75, 3.05) is 13.1 Å². The van der Waals surface area contributed by atoms with Crippen LogP contribution in [-0.2, 0) is 6.42 Å². The molecule has 0 saturated carbocycles. The number of rotatable bonds is 5. The number of hydrogen-bond donors (Lipinski definition) is 1. The van der Waals surface area contributed by atoms with E-state index in [0.717, 1.165) is 34.7 Å². The number of hydrogen-bond acceptors (Lipinski definition) is 3. The fourth-order valence-electron chi connectivity index (χ4n) is 1.60. The first-order valence-electron chi connectivity index (χ1n) is 5.81. The number of nitrogens with one attached hydrogen (secondary N) is 1. The number of benzene rings is 1. The maximum atomic E-state index is 13.7. The third-order valence-corrected chi connectivity index (χ3v) is 3.94. The number of aromatic nitrogens is 1. The highest BCUT2D eigenvalue weighted by Gasteiger charge is 2.10. The minimum absolute atomic E-state index is 0.231. The van der Waals surface area contributed by atoms with Crippen molar-refractivity contribution in [2.24, 2.45) is 0 Å². The van der Waals surface area contributed by atoms with Crippen LogP contribution in [0.1, 0.15) is 12.6 Å². The average Bonchev–Trinajstić information content (AvgIpc) is 2.81. The van der Waals surface area contributed by atoms with Gasteiger partial charge in [0.25, 0.3) is 0 Å². The Hall–Kier alpha value is -0.780. The average molecular weight is 329 g/mol. The van der Waals surface area contributed by atoms with Crippen LogP contribution in [0.3, 0.4) is 0 Å². The van der Waals surface area contributed by atoms with E-state index in [1.807, 2.05) is 5.38 Å². The van der Waals surface area contributed by atoms with Crippen LogP contribution in [-0.4, -0.2) is 18.1 Å². The molecule has 0 saturated heterocycles. The van der Waals surface area contributed by atoms with Crippen molar-refractivity contribution in [3.63, 3.8) is 0 Å². The van der Waals surface area contributed by atoms with Gasteiger partial charge in [0.1, 0.15) is 10.8 Å². The third-order valence-electron chi connectivity index (χ3n) is 2.52. The van der Waals surface area contributed by atoms with Gasteiger partial charge in [0, 0.05) is 28.4 Å². The van der Waals surface area contributed by atoms with Crippen LogP contribution in [0.4, 0.5) is 4.39 Å². The van der Waals surface area contributed by atoms with E-state index in [9.17, 15) is 4.39 Å². The van der Waals surface area contributed by atoms with Gasteiger partial charge < -0.3 is 5.32 Å². The van der Waals surface area contributed by atoms with E-state index in [1.54, 1.807) is 12.1 Å². The Morgan fingerprint density at radius 1 is 1.44 bits per heavy atom. The summed E-state index contributed by atoms with van der Waals surface area (Å²) in [6.07, 6.45) is 0.875. The molecule has 0 radical (unpaired) electrons. The topological polar surface area (TPSA) is 24.9 Å². The minimum Gasteiger partial charge on any atom is -0.317 e. The van der Waals surface area contributed by atoms with Crippen LogP contribution < -0.4 is 5.32 Å². The van der Waals surface area contributed by atoms with Crippen LogP contribution >= 0.6 is 27.3 Å². The summed E-state index contributed by atoms with van der Waals surface area (Å²) in [6.45, 7) is 3.93. The molecule has 0 atom stereocenters. The molecule has 0 aliphatic carbocycles. The molecule has 0 amide bonds. The van der Waals surface area contributed by atoms with E-state index >= 15 is 0 Å². The zero-order valence-electron chi connectivity index (χ0n) is 10.0. The molecule has 0 bridgehead atoms. The highest BCUT2D eigenvalue weighted by Crippen LogP contribution is 2.28. The van der Waals surface area contributed by atoms with Gasteiger partial charge >= 0.3 is 0 Å². The standard InChI is InChI=1S/C13H14BrFN2S/c1-2-16-6-5-10-8-18-13(17-10)11-7-9(14)3-4-12(11)15/h3-4,7-8,16H,2,5-6H2,1H3. The lowest BCUT2D eigenvalue weighted by molar-refractivity contribution is 0.631. The van der Waals surface area contributed by atoms with Crippen molar-refractivity contribution in [1.29, 1.82) is 0 Å². The van der Waals surface area contributed by atoms with Gasteiger partial charge in [-0.25, -0.2) is 9.37 Å². The molecule has 0 aliphatic rings. The summed E-state index contributed by atoms with van der Waals surface area (Å²) in [6, 6.07) is 4.92. The predicted octanol–water partition coefficient (Wildman–Crippen LogP) is 3.86. The molecule has 0 unspecified atom stereocenters. The highest BCUT2D eigenvalue weighted by molar-refractivity contribution is 9.10. The monoisotopic (exact) mass is 328 g/mol. The molecular weight excluding hydrogens is 315 g/mol. The third kappa shape index (κ3) is 3.37. The molecule has 1 aromatic heterocycles. The summed E-state index contributed by atoms with van der Waals surface area (Å²) in [5.41, 5.74) is 1.57. The molecule has 1 aromatic carbocycles. The molecule has 1 heterocycles. The van der Waals surface area contributed by atoms with E-state index in [2.05, 4.69) is 33.2 Å². The summed E-state index contributed by atoms with van der Waals surface area (Å²) in [5.74, 6) is -0.231. The van der Waals surface area contributed by atoms with Gasteiger partial charge in [-0.3, -0.25) is 0 Å². The zero-order valence-corrected chi connectivity index (χ0v) is 12.4. The molecule has 2 aromatic rings. The van der Waals surface area contributed by atoms with Crippen LogP contribution in [0.2, 0.25) is 0 Å². The Balaban J connectivity index is 2.16. The van der Waals surface area contributed by atoms with Gasteiger partial charge in [-0.1, -0.05) is 22.9 Å². The van der Waals surface area contributed by atoms with E-state index < -0.39 is 0 Å². The van der Waals surface area contributed by atoms with Crippen LogP contribution in [0.15, 0.2) is 28.1 Å². The van der Waals surface area contributed by atoms with Crippen LogP contribution in [0, 0.1) is 5.82 Å². The Kier molecular flexibility index (Phi) is 4.86. The largest absolute Gasteiger partial charge is 0.317 e. The second-order valence-electron chi connectivity index (χ2n) is 3.87. The summed E-state index contributed by atoms with van der Waals surface area (Å²) >= 11 is 4.84. The number of nitrogens with zero attached hydrogens (tertiary/aromatic N) is 1. The van der Waals surface area contributed by atoms with Crippen molar-refractivity contribution >= 4 is 27.3 Å². The van der Waals surface area contributed by atoms with Crippen molar-refractivity contribution in [2.45, 2.75) is 13.3 Å². The Morgan fingerprint density at radius 3 is 3.06 bits per heavy atom. The lowest BCUT2D eigenvalue weighted by Crippen LogP contribution is -2.16. The lowest BCUT2D eigenvalue weighted by Gasteiger charge is -2.00. The smallest absolute Gasteiger partial charge is 0.133 e. The van der Waals surface area contributed by atoms with Crippen LogP contribution in [0.5, 0.6) is 0 Å². The highest BCUT2D eigenvalue weighted by atomic mass is 79.9. The zero-order chi connectivity index (χ0) is 13.0. The second kappa shape index (κ2) is 6.41. The maximum Gasteiger partial charge on any atom is 0.133 e. The van der Waals surface area contributed by atoms with E-state index in [0.29, 0.717) is 5.56 Å². The Bertz CT molecular complexity index is 527. The Labute approximate surface area is 118 Å². The van der Waals surface area contributed by atoms with E-state index in [4.69, 9.17) is 0 Å². The number of likely N-dealkylation sites (N-methyl/N-ethyl adjacent to an activating group) is 1. The molecular formula is C13H14BrFN2S. The summed E-state index contributed by atoms with van der Waals surface area (Å²) in [5, 5.41) is 5.98. The van der Waals surface area contributed by atoms with Crippen LogP contribution in [0.25, 0.3) is 10.6 Å². The summed E-state index contributed by atoms with van der Waals surface area (Å²) in [4.78, 5) is 4.47. The second-order valence-corrected chi connectivity index (χ2v) is 5.65.